The molecule has 0 bridgehead atoms. The molecule has 6 heteroatoms. The van der Waals surface area contributed by atoms with E-state index in [1.807, 2.05) is 65.6 Å². The van der Waals surface area contributed by atoms with Gasteiger partial charge < -0.3 is 14.5 Å². The van der Waals surface area contributed by atoms with Crippen LogP contribution in [0.25, 0.3) is 16.9 Å². The van der Waals surface area contributed by atoms with Crippen LogP contribution < -0.4 is 4.74 Å². The molecule has 3 aromatic rings. The quantitative estimate of drug-likeness (QED) is 0.671. The largest absolute Gasteiger partial charge is 0.497 e. The molecule has 2 aromatic carbocycles. The first-order valence-electron chi connectivity index (χ1n) is 10.0. The van der Waals surface area contributed by atoms with E-state index in [1.54, 1.807) is 11.8 Å². The lowest BCUT2D eigenvalue weighted by Gasteiger charge is -2.34. The predicted octanol–water partition coefficient (Wildman–Crippen LogP) is 3.33. The third kappa shape index (κ3) is 4.03. The maximum absolute atomic E-state index is 13.4. The van der Waals surface area contributed by atoms with Crippen molar-refractivity contribution in [2.45, 2.75) is 6.92 Å². The minimum Gasteiger partial charge on any atom is -0.497 e. The molecule has 4 rings (SSSR count). The fourth-order valence-corrected chi connectivity index (χ4v) is 3.63. The van der Waals surface area contributed by atoms with Gasteiger partial charge in [0.1, 0.15) is 11.4 Å². The second-order valence-corrected chi connectivity index (χ2v) is 7.12. The molecule has 0 radical (unpaired) electrons. The number of benzene rings is 2. The van der Waals surface area contributed by atoms with Gasteiger partial charge in [-0.2, -0.15) is 5.10 Å². The first kappa shape index (κ1) is 19.2. The van der Waals surface area contributed by atoms with E-state index in [1.165, 1.54) is 0 Å². The molecular formula is C23H26N4O2. The smallest absolute Gasteiger partial charge is 0.272 e. The molecule has 29 heavy (non-hydrogen) atoms. The summed E-state index contributed by atoms with van der Waals surface area (Å²) in [5.74, 6) is 0.791. The summed E-state index contributed by atoms with van der Waals surface area (Å²) in [5.41, 5.74) is 3.20. The minimum atomic E-state index is 0.0197. The van der Waals surface area contributed by atoms with Gasteiger partial charge in [0.2, 0.25) is 0 Å². The fraction of sp³-hybridized carbons (Fsp3) is 0.304. The Morgan fingerprint density at radius 3 is 2.31 bits per heavy atom. The highest BCUT2D eigenvalue weighted by molar-refractivity contribution is 5.94. The molecule has 1 amide bonds. The highest BCUT2D eigenvalue weighted by Crippen LogP contribution is 2.24. The van der Waals surface area contributed by atoms with Crippen molar-refractivity contribution in [1.82, 2.24) is 19.6 Å². The van der Waals surface area contributed by atoms with E-state index in [2.05, 4.69) is 11.8 Å². The molecule has 1 fully saturated rings. The first-order valence-corrected chi connectivity index (χ1v) is 10.0. The minimum absolute atomic E-state index is 0.0197. The zero-order chi connectivity index (χ0) is 20.2. The summed E-state index contributed by atoms with van der Waals surface area (Å²) >= 11 is 0. The van der Waals surface area contributed by atoms with Crippen molar-refractivity contribution in [3.8, 4) is 22.7 Å². The monoisotopic (exact) mass is 390 g/mol. The number of methoxy groups -OCH3 is 1. The van der Waals surface area contributed by atoms with Crippen LogP contribution in [-0.4, -0.2) is 65.3 Å². The molecule has 1 aliphatic rings. The number of likely N-dealkylation sites (N-methyl/N-ethyl adjacent to an activating group) is 1. The third-order valence-electron chi connectivity index (χ3n) is 5.42. The van der Waals surface area contributed by atoms with Gasteiger partial charge in [-0.05, 0) is 36.9 Å². The van der Waals surface area contributed by atoms with Crippen molar-refractivity contribution >= 4 is 5.91 Å². The predicted molar refractivity (Wildman–Crippen MR) is 114 cm³/mol. The fourth-order valence-electron chi connectivity index (χ4n) is 3.63. The van der Waals surface area contributed by atoms with Gasteiger partial charge in [0.25, 0.3) is 5.91 Å². The van der Waals surface area contributed by atoms with Crippen molar-refractivity contribution in [3.63, 3.8) is 0 Å². The van der Waals surface area contributed by atoms with Crippen LogP contribution in [0.4, 0.5) is 0 Å². The van der Waals surface area contributed by atoms with E-state index >= 15 is 0 Å². The van der Waals surface area contributed by atoms with Gasteiger partial charge in [0, 0.05) is 31.7 Å². The van der Waals surface area contributed by atoms with E-state index in [0.29, 0.717) is 5.69 Å². The number of nitrogens with zero attached hydrogens (tertiary/aromatic N) is 4. The van der Waals surface area contributed by atoms with Gasteiger partial charge >= 0.3 is 0 Å². The summed E-state index contributed by atoms with van der Waals surface area (Å²) in [6, 6.07) is 19.5. The van der Waals surface area contributed by atoms with Crippen LogP contribution in [0.2, 0.25) is 0 Å². The molecule has 0 aliphatic carbocycles. The standard InChI is InChI=1S/C23H26N4O2/c1-3-25-13-15-26(16-14-25)23(28)22-17-21(18-7-5-4-6-8-18)24-27(22)19-9-11-20(29-2)12-10-19/h4-12,17H,3,13-16H2,1-2H3. The highest BCUT2D eigenvalue weighted by Gasteiger charge is 2.25. The topological polar surface area (TPSA) is 50.6 Å². The number of carbonyl (C=O) groups excluding carboxylic acids is 1. The average molecular weight is 390 g/mol. The van der Waals surface area contributed by atoms with Gasteiger partial charge in [-0.1, -0.05) is 37.3 Å². The van der Waals surface area contributed by atoms with Crippen LogP contribution in [0.15, 0.2) is 60.7 Å². The number of rotatable bonds is 5. The van der Waals surface area contributed by atoms with Crippen molar-refractivity contribution in [3.05, 3.63) is 66.4 Å². The van der Waals surface area contributed by atoms with Gasteiger partial charge in [0.15, 0.2) is 0 Å². The number of aromatic nitrogens is 2. The van der Waals surface area contributed by atoms with E-state index in [0.717, 1.165) is 55.4 Å². The summed E-state index contributed by atoms with van der Waals surface area (Å²) in [4.78, 5) is 17.7. The van der Waals surface area contributed by atoms with Crippen molar-refractivity contribution in [2.24, 2.45) is 0 Å². The molecular weight excluding hydrogens is 364 g/mol. The summed E-state index contributed by atoms with van der Waals surface area (Å²) in [5, 5.41) is 4.77. The summed E-state index contributed by atoms with van der Waals surface area (Å²) in [7, 11) is 1.64. The van der Waals surface area contributed by atoms with Gasteiger partial charge in [0.05, 0.1) is 18.5 Å². The van der Waals surface area contributed by atoms with E-state index < -0.39 is 0 Å². The molecule has 1 aromatic heterocycles. The molecule has 1 saturated heterocycles. The molecule has 0 unspecified atom stereocenters. The summed E-state index contributed by atoms with van der Waals surface area (Å²) in [6.07, 6.45) is 0. The molecule has 0 spiro atoms. The zero-order valence-electron chi connectivity index (χ0n) is 16.9. The van der Waals surface area contributed by atoms with Gasteiger partial charge in [-0.3, -0.25) is 4.79 Å². The lowest BCUT2D eigenvalue weighted by molar-refractivity contribution is 0.0634. The van der Waals surface area contributed by atoms with Crippen molar-refractivity contribution < 1.29 is 9.53 Å². The Bertz CT molecular complexity index is 958. The van der Waals surface area contributed by atoms with Crippen LogP contribution in [0.3, 0.4) is 0 Å². The van der Waals surface area contributed by atoms with Crippen LogP contribution in [-0.2, 0) is 0 Å². The zero-order valence-corrected chi connectivity index (χ0v) is 16.9. The summed E-state index contributed by atoms with van der Waals surface area (Å²) in [6.45, 7) is 6.46. The average Bonchev–Trinajstić information content (AvgIpc) is 3.25. The number of hydrogen-bond donors (Lipinski definition) is 0. The molecule has 0 saturated carbocycles. The van der Waals surface area contributed by atoms with Crippen LogP contribution in [0.5, 0.6) is 5.75 Å². The van der Waals surface area contributed by atoms with Gasteiger partial charge in [-0.25, -0.2) is 4.68 Å². The number of amides is 1. The Labute approximate surface area is 171 Å². The Hall–Kier alpha value is -3.12. The van der Waals surface area contributed by atoms with E-state index in [9.17, 15) is 4.79 Å². The van der Waals surface area contributed by atoms with Gasteiger partial charge in [-0.15, -0.1) is 0 Å². The molecule has 150 valence electrons. The maximum Gasteiger partial charge on any atom is 0.272 e. The summed E-state index contributed by atoms with van der Waals surface area (Å²) < 4.78 is 7.01. The van der Waals surface area contributed by atoms with E-state index in [4.69, 9.17) is 9.84 Å². The lowest BCUT2D eigenvalue weighted by Crippen LogP contribution is -2.48. The lowest BCUT2D eigenvalue weighted by atomic mass is 10.1. The Morgan fingerprint density at radius 1 is 1.00 bits per heavy atom. The van der Waals surface area contributed by atoms with Crippen molar-refractivity contribution in [2.75, 3.05) is 39.8 Å². The highest BCUT2D eigenvalue weighted by atomic mass is 16.5. The third-order valence-corrected chi connectivity index (χ3v) is 5.42. The van der Waals surface area contributed by atoms with Crippen LogP contribution in [0.1, 0.15) is 17.4 Å². The molecule has 0 N–H and O–H groups in total. The molecule has 1 aliphatic heterocycles. The number of hydrogen-bond acceptors (Lipinski definition) is 4. The van der Waals surface area contributed by atoms with Crippen LogP contribution >= 0.6 is 0 Å². The number of piperazine rings is 1. The van der Waals surface area contributed by atoms with Crippen molar-refractivity contribution in [1.29, 1.82) is 0 Å². The second-order valence-electron chi connectivity index (χ2n) is 7.12. The number of carbonyl (C=O) groups is 1. The molecule has 2 heterocycles. The first-order chi connectivity index (χ1) is 14.2. The molecule has 0 atom stereocenters. The number of ether oxygens (including phenoxy) is 1. The second kappa shape index (κ2) is 8.49. The maximum atomic E-state index is 13.4. The Morgan fingerprint density at radius 2 is 1.69 bits per heavy atom. The van der Waals surface area contributed by atoms with E-state index in [-0.39, 0.29) is 5.91 Å². The molecule has 6 nitrogen and oxygen atoms in total. The SMILES string of the molecule is CCN1CCN(C(=O)c2cc(-c3ccccc3)nn2-c2ccc(OC)cc2)CC1. The van der Waals surface area contributed by atoms with Crippen LogP contribution in [0, 0.1) is 0 Å². The normalized spacial score (nSPS) is 14.8. The Kier molecular flexibility index (Phi) is 5.62. The Balaban J connectivity index is 1.70.